The number of carbonyl (C=O) groups is 1. The normalized spacial score (nSPS) is 27.8. The van der Waals surface area contributed by atoms with Crippen LogP contribution in [-0.2, 0) is 4.79 Å². The highest BCUT2D eigenvalue weighted by Crippen LogP contribution is 2.46. The number of piperidine rings is 1. The fourth-order valence-corrected chi connectivity index (χ4v) is 4.48. The molecular formula is C22H25NO3. The first kappa shape index (κ1) is 17.1. The van der Waals surface area contributed by atoms with E-state index in [4.69, 9.17) is 9.47 Å². The monoisotopic (exact) mass is 351 g/mol. The van der Waals surface area contributed by atoms with E-state index in [9.17, 15) is 4.79 Å². The number of benzene rings is 2. The van der Waals surface area contributed by atoms with Crippen LogP contribution in [0.15, 0.2) is 48.5 Å². The topological polar surface area (TPSA) is 47.6 Å². The molecule has 1 heterocycles. The molecule has 1 aliphatic heterocycles. The third kappa shape index (κ3) is 2.99. The Morgan fingerprint density at radius 1 is 0.769 bits per heavy atom. The third-order valence-electron chi connectivity index (χ3n) is 5.87. The van der Waals surface area contributed by atoms with Crippen LogP contribution in [0.2, 0.25) is 0 Å². The van der Waals surface area contributed by atoms with E-state index in [-0.39, 0.29) is 23.9 Å². The van der Waals surface area contributed by atoms with Crippen LogP contribution in [0.1, 0.15) is 42.5 Å². The van der Waals surface area contributed by atoms with E-state index < -0.39 is 0 Å². The molecule has 0 aromatic heterocycles. The highest BCUT2D eigenvalue weighted by molar-refractivity contribution is 5.87. The van der Waals surface area contributed by atoms with E-state index in [1.54, 1.807) is 14.2 Å². The van der Waals surface area contributed by atoms with Gasteiger partial charge in [0.25, 0.3) is 0 Å². The highest BCUT2D eigenvalue weighted by Gasteiger charge is 2.46. The summed E-state index contributed by atoms with van der Waals surface area (Å²) in [5.41, 5.74) is 2.31. The fourth-order valence-electron chi connectivity index (χ4n) is 4.48. The molecule has 4 nitrogen and oxygen atoms in total. The Hall–Kier alpha value is -2.33. The lowest BCUT2D eigenvalue weighted by Crippen LogP contribution is -2.50. The van der Waals surface area contributed by atoms with Gasteiger partial charge in [-0.3, -0.25) is 4.79 Å². The maximum absolute atomic E-state index is 13.1. The lowest BCUT2D eigenvalue weighted by molar-refractivity contribution is -0.135. The minimum atomic E-state index is 0.0528. The van der Waals surface area contributed by atoms with E-state index in [2.05, 4.69) is 29.6 Å². The Balaban J connectivity index is 1.67. The number of hydrogen-bond donors (Lipinski definition) is 1. The van der Waals surface area contributed by atoms with Gasteiger partial charge in [0.1, 0.15) is 17.3 Å². The number of methoxy groups -OCH3 is 2. The molecule has 0 unspecified atom stereocenters. The SMILES string of the molecule is COc1ccc([C@H]2N[C@@H](c3ccc(OC)cc3)[C@H]3CCC[C@@H]2C3=O)cc1. The molecular weight excluding hydrogens is 326 g/mol. The molecule has 0 amide bonds. The average molecular weight is 351 g/mol. The predicted octanol–water partition coefficient (Wildman–Crippen LogP) is 4.07. The van der Waals surface area contributed by atoms with Crippen molar-refractivity contribution in [3.63, 3.8) is 0 Å². The number of ether oxygens (including phenoxy) is 2. The Labute approximate surface area is 154 Å². The van der Waals surface area contributed by atoms with Crippen LogP contribution < -0.4 is 14.8 Å². The van der Waals surface area contributed by atoms with Gasteiger partial charge in [-0.1, -0.05) is 30.7 Å². The molecule has 1 saturated carbocycles. The molecule has 0 spiro atoms. The molecule has 136 valence electrons. The first-order valence-electron chi connectivity index (χ1n) is 9.29. The summed E-state index contributed by atoms with van der Waals surface area (Å²) in [6.07, 6.45) is 3.05. The summed E-state index contributed by atoms with van der Waals surface area (Å²) in [7, 11) is 3.34. The number of nitrogens with one attached hydrogen (secondary N) is 1. The molecule has 2 fully saturated rings. The van der Waals surface area contributed by atoms with Crippen LogP contribution in [-0.4, -0.2) is 20.0 Å². The first-order valence-corrected chi connectivity index (χ1v) is 9.29. The van der Waals surface area contributed by atoms with Crippen LogP contribution in [0.4, 0.5) is 0 Å². The number of fused-ring (bicyclic) bond motifs is 2. The zero-order chi connectivity index (χ0) is 18.1. The number of ketones is 1. The maximum atomic E-state index is 13.1. The summed E-state index contributed by atoms with van der Waals surface area (Å²) in [5.74, 6) is 2.22. The molecule has 1 aliphatic carbocycles. The second-order valence-electron chi connectivity index (χ2n) is 7.21. The minimum Gasteiger partial charge on any atom is -0.497 e. The van der Waals surface area contributed by atoms with Gasteiger partial charge in [0.2, 0.25) is 0 Å². The van der Waals surface area contributed by atoms with Crippen molar-refractivity contribution in [1.29, 1.82) is 0 Å². The molecule has 4 rings (SSSR count). The summed E-state index contributed by atoms with van der Waals surface area (Å²) >= 11 is 0. The summed E-state index contributed by atoms with van der Waals surface area (Å²) < 4.78 is 10.5. The summed E-state index contributed by atoms with van der Waals surface area (Å²) in [5, 5.41) is 3.79. The molecule has 2 bridgehead atoms. The minimum absolute atomic E-state index is 0.0528. The van der Waals surface area contributed by atoms with Gasteiger partial charge in [-0.25, -0.2) is 0 Å². The largest absolute Gasteiger partial charge is 0.497 e. The molecule has 4 heteroatoms. The van der Waals surface area contributed by atoms with Gasteiger partial charge in [0, 0.05) is 23.9 Å². The zero-order valence-corrected chi connectivity index (χ0v) is 15.3. The fraction of sp³-hybridized carbons (Fsp3) is 0.409. The second kappa shape index (κ2) is 7.12. The van der Waals surface area contributed by atoms with Gasteiger partial charge >= 0.3 is 0 Å². The maximum Gasteiger partial charge on any atom is 0.142 e. The Morgan fingerprint density at radius 3 is 1.58 bits per heavy atom. The van der Waals surface area contributed by atoms with Crippen molar-refractivity contribution in [1.82, 2.24) is 5.32 Å². The van der Waals surface area contributed by atoms with Gasteiger partial charge in [-0.05, 0) is 48.2 Å². The van der Waals surface area contributed by atoms with Gasteiger partial charge in [-0.2, -0.15) is 0 Å². The van der Waals surface area contributed by atoms with Crippen LogP contribution in [0.25, 0.3) is 0 Å². The van der Waals surface area contributed by atoms with Crippen molar-refractivity contribution >= 4 is 5.78 Å². The third-order valence-corrected chi connectivity index (χ3v) is 5.87. The van der Waals surface area contributed by atoms with Crippen molar-refractivity contribution in [2.45, 2.75) is 31.3 Å². The molecule has 4 atom stereocenters. The first-order chi connectivity index (χ1) is 12.7. The molecule has 26 heavy (non-hydrogen) atoms. The number of carbonyl (C=O) groups excluding carboxylic acids is 1. The molecule has 1 N–H and O–H groups in total. The standard InChI is InChI=1S/C22H25NO3/c1-25-16-10-6-14(7-11-16)20-18-4-3-5-19(22(18)24)21(23-20)15-8-12-17(26-2)13-9-15/h6-13,18-21,23H,3-5H2,1-2H3/t18-,19+,20+,21-. The average Bonchev–Trinajstić information content (AvgIpc) is 2.68. The van der Waals surface area contributed by atoms with Crippen LogP contribution >= 0.6 is 0 Å². The lowest BCUT2D eigenvalue weighted by atomic mass is 9.67. The number of Topliss-reactive ketones (excluding diaryl/α,β-unsaturated/α-hetero) is 1. The van der Waals surface area contributed by atoms with Gasteiger partial charge in [-0.15, -0.1) is 0 Å². The molecule has 0 radical (unpaired) electrons. The Bertz CT molecular complexity index is 705. The van der Waals surface area contributed by atoms with Crippen molar-refractivity contribution in [2.75, 3.05) is 14.2 Å². The van der Waals surface area contributed by atoms with Crippen molar-refractivity contribution < 1.29 is 14.3 Å². The smallest absolute Gasteiger partial charge is 0.142 e. The predicted molar refractivity (Wildman–Crippen MR) is 100 cm³/mol. The van der Waals surface area contributed by atoms with Gasteiger partial charge < -0.3 is 14.8 Å². The van der Waals surface area contributed by atoms with Gasteiger partial charge in [0.15, 0.2) is 0 Å². The summed E-state index contributed by atoms with van der Waals surface area (Å²) in [4.78, 5) is 13.1. The van der Waals surface area contributed by atoms with Crippen LogP contribution in [0.5, 0.6) is 11.5 Å². The Morgan fingerprint density at radius 2 is 1.19 bits per heavy atom. The Kier molecular flexibility index (Phi) is 4.68. The van der Waals surface area contributed by atoms with Crippen molar-refractivity contribution in [3.8, 4) is 11.5 Å². The van der Waals surface area contributed by atoms with E-state index in [0.29, 0.717) is 5.78 Å². The summed E-state index contributed by atoms with van der Waals surface area (Å²) in [6, 6.07) is 16.3. The lowest BCUT2D eigenvalue weighted by Gasteiger charge is -2.45. The van der Waals surface area contributed by atoms with E-state index in [1.165, 1.54) is 0 Å². The van der Waals surface area contributed by atoms with Crippen LogP contribution in [0.3, 0.4) is 0 Å². The second-order valence-corrected chi connectivity index (χ2v) is 7.21. The molecule has 2 aliphatic rings. The summed E-state index contributed by atoms with van der Waals surface area (Å²) in [6.45, 7) is 0. The van der Waals surface area contributed by atoms with Crippen LogP contribution in [0, 0.1) is 11.8 Å². The number of hydrogen-bond acceptors (Lipinski definition) is 4. The quantitative estimate of drug-likeness (QED) is 0.902. The van der Waals surface area contributed by atoms with E-state index >= 15 is 0 Å². The molecule has 2 aromatic carbocycles. The van der Waals surface area contributed by atoms with Gasteiger partial charge in [0.05, 0.1) is 14.2 Å². The zero-order valence-electron chi connectivity index (χ0n) is 15.3. The van der Waals surface area contributed by atoms with E-state index in [0.717, 1.165) is 41.9 Å². The van der Waals surface area contributed by atoms with Crippen molar-refractivity contribution in [2.24, 2.45) is 11.8 Å². The highest BCUT2D eigenvalue weighted by atomic mass is 16.5. The molecule has 1 saturated heterocycles. The number of rotatable bonds is 4. The van der Waals surface area contributed by atoms with E-state index in [1.807, 2.05) is 24.3 Å². The van der Waals surface area contributed by atoms with Crippen molar-refractivity contribution in [3.05, 3.63) is 59.7 Å². The molecule has 2 aromatic rings.